The van der Waals surface area contributed by atoms with Crippen molar-refractivity contribution in [3.63, 3.8) is 0 Å². The number of hydrogen-bond acceptors (Lipinski definition) is 4. The molecule has 0 spiro atoms. The number of nitrogens with one attached hydrogen (secondary N) is 2. The standard InChI is InChI=1S/C22H18Cl3N3O3/c23-15-9-4-10-16(17(15)24)28-21(30)18(25)19(22(28)31)26-14-8-3-5-12(11-14)20(29)27-13-6-1-2-7-13/h3-5,8-11,13,26H,1-2,6-7H2,(H,27,29). The maximum atomic E-state index is 13.0. The van der Waals surface area contributed by atoms with Gasteiger partial charge in [0.1, 0.15) is 10.7 Å². The van der Waals surface area contributed by atoms with Gasteiger partial charge in [0.15, 0.2) is 0 Å². The van der Waals surface area contributed by atoms with Crippen LogP contribution in [0.4, 0.5) is 11.4 Å². The molecule has 1 fully saturated rings. The van der Waals surface area contributed by atoms with E-state index in [0.717, 1.165) is 30.6 Å². The monoisotopic (exact) mass is 477 g/mol. The topological polar surface area (TPSA) is 78.5 Å². The Hall–Kier alpha value is -2.54. The number of benzene rings is 2. The first-order valence-electron chi connectivity index (χ1n) is 9.77. The van der Waals surface area contributed by atoms with E-state index in [1.807, 2.05) is 0 Å². The molecule has 31 heavy (non-hydrogen) atoms. The van der Waals surface area contributed by atoms with Gasteiger partial charge in [-0.15, -0.1) is 0 Å². The summed E-state index contributed by atoms with van der Waals surface area (Å²) < 4.78 is 0. The van der Waals surface area contributed by atoms with Crippen LogP contribution in [0.1, 0.15) is 36.0 Å². The Morgan fingerprint density at radius 3 is 2.42 bits per heavy atom. The van der Waals surface area contributed by atoms with E-state index in [9.17, 15) is 14.4 Å². The van der Waals surface area contributed by atoms with Crippen LogP contribution >= 0.6 is 34.8 Å². The van der Waals surface area contributed by atoms with Gasteiger partial charge < -0.3 is 10.6 Å². The van der Waals surface area contributed by atoms with Crippen molar-refractivity contribution >= 4 is 63.9 Å². The number of anilines is 2. The van der Waals surface area contributed by atoms with Crippen LogP contribution in [0.3, 0.4) is 0 Å². The van der Waals surface area contributed by atoms with Gasteiger partial charge in [-0.1, -0.05) is 59.8 Å². The Kier molecular flexibility index (Phi) is 6.23. The normalized spacial score (nSPS) is 16.9. The third-order valence-corrected chi connectivity index (χ3v) is 6.44. The van der Waals surface area contributed by atoms with Crippen molar-refractivity contribution in [2.75, 3.05) is 10.2 Å². The molecule has 9 heteroatoms. The first-order chi connectivity index (χ1) is 14.9. The van der Waals surface area contributed by atoms with Crippen LogP contribution in [0.2, 0.25) is 10.0 Å². The minimum atomic E-state index is -0.714. The molecule has 2 N–H and O–H groups in total. The number of halogens is 3. The Morgan fingerprint density at radius 2 is 1.68 bits per heavy atom. The summed E-state index contributed by atoms with van der Waals surface area (Å²) in [6.45, 7) is 0. The summed E-state index contributed by atoms with van der Waals surface area (Å²) >= 11 is 18.4. The van der Waals surface area contributed by atoms with Crippen LogP contribution in [-0.4, -0.2) is 23.8 Å². The smallest absolute Gasteiger partial charge is 0.283 e. The zero-order chi connectivity index (χ0) is 22.1. The summed E-state index contributed by atoms with van der Waals surface area (Å²) in [6, 6.07) is 11.5. The van der Waals surface area contributed by atoms with Gasteiger partial charge in [0.2, 0.25) is 0 Å². The van der Waals surface area contributed by atoms with E-state index >= 15 is 0 Å². The molecule has 0 bridgehead atoms. The fraction of sp³-hybridized carbons (Fsp3) is 0.227. The molecule has 0 atom stereocenters. The highest BCUT2D eigenvalue weighted by molar-refractivity contribution is 6.54. The molecule has 4 rings (SSSR count). The van der Waals surface area contributed by atoms with Crippen LogP contribution in [0.25, 0.3) is 0 Å². The van der Waals surface area contributed by atoms with E-state index in [4.69, 9.17) is 34.8 Å². The third-order valence-electron chi connectivity index (χ3n) is 5.28. The summed E-state index contributed by atoms with van der Waals surface area (Å²) in [6.07, 6.45) is 4.18. The van der Waals surface area contributed by atoms with Gasteiger partial charge in [0.05, 0.1) is 15.7 Å². The van der Waals surface area contributed by atoms with Gasteiger partial charge in [-0.05, 0) is 43.2 Å². The van der Waals surface area contributed by atoms with Crippen LogP contribution in [0.5, 0.6) is 0 Å². The van der Waals surface area contributed by atoms with Crippen molar-refractivity contribution in [3.05, 3.63) is 68.8 Å². The van der Waals surface area contributed by atoms with E-state index in [-0.39, 0.29) is 38.4 Å². The van der Waals surface area contributed by atoms with Crippen molar-refractivity contribution in [2.24, 2.45) is 0 Å². The molecule has 1 saturated carbocycles. The number of amides is 3. The largest absolute Gasteiger partial charge is 0.350 e. The highest BCUT2D eigenvalue weighted by Gasteiger charge is 2.40. The molecule has 0 radical (unpaired) electrons. The number of rotatable bonds is 5. The Bertz CT molecular complexity index is 1110. The van der Waals surface area contributed by atoms with Gasteiger partial charge in [-0.2, -0.15) is 0 Å². The molecule has 0 aromatic heterocycles. The molecule has 1 heterocycles. The van der Waals surface area contributed by atoms with Crippen LogP contribution in [0.15, 0.2) is 53.2 Å². The lowest BCUT2D eigenvalue weighted by Crippen LogP contribution is -2.33. The quantitative estimate of drug-likeness (QED) is 0.586. The lowest BCUT2D eigenvalue weighted by molar-refractivity contribution is -0.120. The molecule has 160 valence electrons. The molecular formula is C22H18Cl3N3O3. The first kappa shape index (κ1) is 21.7. The van der Waals surface area contributed by atoms with Crippen molar-refractivity contribution < 1.29 is 14.4 Å². The predicted octanol–water partition coefficient (Wildman–Crippen LogP) is 5.10. The molecule has 2 aromatic carbocycles. The molecule has 3 amide bonds. The van der Waals surface area contributed by atoms with E-state index in [1.54, 1.807) is 36.4 Å². The van der Waals surface area contributed by atoms with Crippen LogP contribution < -0.4 is 15.5 Å². The first-order valence-corrected chi connectivity index (χ1v) is 10.9. The van der Waals surface area contributed by atoms with Gasteiger partial charge >= 0.3 is 0 Å². The van der Waals surface area contributed by atoms with Crippen molar-refractivity contribution in [3.8, 4) is 0 Å². The fourth-order valence-corrected chi connectivity index (χ4v) is 4.31. The van der Waals surface area contributed by atoms with Crippen molar-refractivity contribution in [2.45, 2.75) is 31.7 Å². The molecule has 1 aliphatic carbocycles. The predicted molar refractivity (Wildman–Crippen MR) is 122 cm³/mol. The average Bonchev–Trinajstić information content (AvgIpc) is 3.34. The maximum Gasteiger partial charge on any atom is 0.283 e. The number of imide groups is 1. The number of carbonyl (C=O) groups is 3. The average molecular weight is 479 g/mol. The van der Waals surface area contributed by atoms with Crippen molar-refractivity contribution in [1.29, 1.82) is 0 Å². The Balaban J connectivity index is 1.55. The SMILES string of the molecule is O=C(NC1CCCC1)c1cccc(NC2=C(Cl)C(=O)N(c3cccc(Cl)c3Cl)C2=O)c1. The number of nitrogens with zero attached hydrogens (tertiary/aromatic N) is 1. The van der Waals surface area contributed by atoms with Crippen LogP contribution in [0, 0.1) is 0 Å². The zero-order valence-corrected chi connectivity index (χ0v) is 18.5. The van der Waals surface area contributed by atoms with Gasteiger partial charge in [-0.25, -0.2) is 4.90 Å². The van der Waals surface area contributed by atoms with E-state index < -0.39 is 11.8 Å². The summed E-state index contributed by atoms with van der Waals surface area (Å²) in [5.41, 5.74) is 0.937. The summed E-state index contributed by atoms with van der Waals surface area (Å²) in [7, 11) is 0. The van der Waals surface area contributed by atoms with Crippen molar-refractivity contribution in [1.82, 2.24) is 5.32 Å². The summed E-state index contributed by atoms with van der Waals surface area (Å²) in [5, 5.41) is 5.89. The second-order valence-electron chi connectivity index (χ2n) is 7.37. The van der Waals surface area contributed by atoms with E-state index in [2.05, 4.69) is 10.6 Å². The molecule has 0 unspecified atom stereocenters. The second kappa shape index (κ2) is 8.91. The summed E-state index contributed by atoms with van der Waals surface area (Å²) in [5.74, 6) is -1.56. The Morgan fingerprint density at radius 1 is 0.968 bits per heavy atom. The molecule has 0 saturated heterocycles. The van der Waals surface area contributed by atoms with Gasteiger partial charge in [-0.3, -0.25) is 14.4 Å². The molecular weight excluding hydrogens is 461 g/mol. The van der Waals surface area contributed by atoms with Gasteiger partial charge in [0, 0.05) is 17.3 Å². The highest BCUT2D eigenvalue weighted by atomic mass is 35.5. The molecule has 2 aromatic rings. The number of carbonyl (C=O) groups excluding carboxylic acids is 3. The molecule has 1 aliphatic heterocycles. The maximum absolute atomic E-state index is 13.0. The second-order valence-corrected chi connectivity index (χ2v) is 8.53. The summed E-state index contributed by atoms with van der Waals surface area (Å²) in [4.78, 5) is 39.0. The van der Waals surface area contributed by atoms with E-state index in [0.29, 0.717) is 11.3 Å². The molecule has 6 nitrogen and oxygen atoms in total. The minimum Gasteiger partial charge on any atom is -0.350 e. The van der Waals surface area contributed by atoms with Crippen LogP contribution in [-0.2, 0) is 9.59 Å². The zero-order valence-electron chi connectivity index (χ0n) is 16.3. The minimum absolute atomic E-state index is 0.0714. The highest BCUT2D eigenvalue weighted by Crippen LogP contribution is 2.37. The lowest BCUT2D eigenvalue weighted by atomic mass is 10.1. The Labute approximate surface area is 194 Å². The van der Waals surface area contributed by atoms with E-state index in [1.165, 1.54) is 6.07 Å². The molecule has 2 aliphatic rings. The van der Waals surface area contributed by atoms with Gasteiger partial charge in [0.25, 0.3) is 17.7 Å². The third kappa shape index (κ3) is 4.28. The number of hydrogen-bond donors (Lipinski definition) is 2. The fourth-order valence-electron chi connectivity index (χ4n) is 3.72. The lowest BCUT2D eigenvalue weighted by Gasteiger charge is -2.17.